The zero-order valence-electron chi connectivity index (χ0n) is 10.8. The summed E-state index contributed by atoms with van der Waals surface area (Å²) in [5.74, 6) is 0. The summed E-state index contributed by atoms with van der Waals surface area (Å²) in [7, 11) is 0. The first kappa shape index (κ1) is 18.8. The molecule has 0 aliphatic rings. The van der Waals surface area contributed by atoms with Crippen LogP contribution in [0, 0.1) is 6.92 Å². The van der Waals surface area contributed by atoms with Gasteiger partial charge in [0.05, 0.1) is 5.69 Å². The van der Waals surface area contributed by atoms with Gasteiger partial charge in [-0.3, -0.25) is 9.97 Å². The zero-order chi connectivity index (χ0) is 11.8. The van der Waals surface area contributed by atoms with Crippen molar-refractivity contribution in [3.05, 3.63) is 24.3 Å². The van der Waals surface area contributed by atoms with Gasteiger partial charge in [0.25, 0.3) is 0 Å². The first-order valence-corrected chi connectivity index (χ1v) is 5.53. The first-order chi connectivity index (χ1) is 6.81. The van der Waals surface area contributed by atoms with Gasteiger partial charge in [0.2, 0.25) is 0 Å². The van der Waals surface area contributed by atoms with Gasteiger partial charge in [-0.2, -0.15) is 0 Å². The summed E-state index contributed by atoms with van der Waals surface area (Å²) in [6, 6.07) is 0. The normalized spacial score (nSPS) is 6.50. The van der Waals surface area contributed by atoms with Crippen LogP contribution in [0.5, 0.6) is 0 Å². The molecular weight excluding hydrogens is 172 g/mol. The molecule has 0 radical (unpaired) electrons. The molecule has 1 rings (SSSR count). The Kier molecular flexibility index (Phi) is 30.5. The first-order valence-electron chi connectivity index (χ1n) is 5.53. The van der Waals surface area contributed by atoms with E-state index < -0.39 is 0 Å². The van der Waals surface area contributed by atoms with Gasteiger partial charge >= 0.3 is 0 Å². The fourth-order valence-electron chi connectivity index (χ4n) is 0.374. The number of nitrogens with zero attached hydrogens (tertiary/aromatic N) is 2. The van der Waals surface area contributed by atoms with Crippen LogP contribution >= 0.6 is 0 Å². The molecule has 0 saturated heterocycles. The number of hydrogen-bond donors (Lipinski definition) is 0. The maximum atomic E-state index is 3.92. The predicted molar refractivity (Wildman–Crippen MR) is 65.4 cm³/mol. The second kappa shape index (κ2) is 22.7. The Morgan fingerprint density at radius 3 is 1.57 bits per heavy atom. The van der Waals surface area contributed by atoms with Crippen molar-refractivity contribution >= 4 is 0 Å². The Bertz CT molecular complexity index is 150. The minimum atomic E-state index is 0.961. The summed E-state index contributed by atoms with van der Waals surface area (Å²) >= 11 is 0. The number of aromatic nitrogens is 2. The van der Waals surface area contributed by atoms with Crippen LogP contribution in [0.4, 0.5) is 0 Å². The van der Waals surface area contributed by atoms with E-state index in [2.05, 4.69) is 23.8 Å². The Morgan fingerprint density at radius 1 is 1.00 bits per heavy atom. The third kappa shape index (κ3) is 22.5. The van der Waals surface area contributed by atoms with Gasteiger partial charge in [-0.15, -0.1) is 0 Å². The summed E-state index contributed by atoms with van der Waals surface area (Å²) in [5.41, 5.74) is 0.961. The Balaban J connectivity index is -0.000000148. The highest BCUT2D eigenvalue weighted by atomic mass is 14.7. The largest absolute Gasteiger partial charge is 0.261 e. The summed E-state index contributed by atoms with van der Waals surface area (Å²) < 4.78 is 0. The topological polar surface area (TPSA) is 25.8 Å². The van der Waals surface area contributed by atoms with Gasteiger partial charge in [-0.05, 0) is 6.92 Å². The summed E-state index contributed by atoms with van der Waals surface area (Å²) in [6.45, 7) is 14.2. The van der Waals surface area contributed by atoms with Crippen LogP contribution in [0.2, 0.25) is 0 Å². The van der Waals surface area contributed by atoms with Crippen molar-refractivity contribution in [2.45, 2.75) is 54.9 Å². The Hall–Kier alpha value is -0.920. The van der Waals surface area contributed by atoms with Crippen molar-refractivity contribution in [3.8, 4) is 0 Å². The van der Waals surface area contributed by atoms with Gasteiger partial charge in [0.15, 0.2) is 0 Å². The second-order valence-electron chi connectivity index (χ2n) is 2.05. The highest BCUT2D eigenvalue weighted by Crippen LogP contribution is 1.81. The van der Waals surface area contributed by atoms with Gasteiger partial charge in [-0.25, -0.2) is 0 Å². The third-order valence-electron chi connectivity index (χ3n) is 0.692. The highest BCUT2D eigenvalue weighted by Gasteiger charge is 1.74. The van der Waals surface area contributed by atoms with E-state index in [1.807, 2.05) is 34.6 Å². The molecule has 0 atom stereocenters. The molecule has 14 heavy (non-hydrogen) atoms. The minimum absolute atomic E-state index is 0.961. The van der Waals surface area contributed by atoms with Crippen molar-refractivity contribution in [3.63, 3.8) is 0 Å². The van der Waals surface area contributed by atoms with E-state index in [9.17, 15) is 0 Å². The molecule has 0 spiro atoms. The van der Waals surface area contributed by atoms with Crippen LogP contribution in [-0.4, -0.2) is 9.97 Å². The molecule has 0 aromatic carbocycles. The van der Waals surface area contributed by atoms with Crippen LogP contribution < -0.4 is 0 Å². The van der Waals surface area contributed by atoms with Crippen molar-refractivity contribution in [1.29, 1.82) is 0 Å². The van der Waals surface area contributed by atoms with Crippen molar-refractivity contribution in [2.75, 3.05) is 0 Å². The van der Waals surface area contributed by atoms with Crippen LogP contribution in [0.3, 0.4) is 0 Å². The smallest absolute Gasteiger partial charge is 0.0555 e. The molecular formula is C12H26N2. The van der Waals surface area contributed by atoms with E-state index in [4.69, 9.17) is 0 Å². The average molecular weight is 198 g/mol. The minimum Gasteiger partial charge on any atom is -0.261 e. The quantitative estimate of drug-likeness (QED) is 0.622. The number of rotatable bonds is 0. The van der Waals surface area contributed by atoms with Gasteiger partial charge < -0.3 is 0 Å². The van der Waals surface area contributed by atoms with E-state index in [0.717, 1.165) is 5.69 Å². The van der Waals surface area contributed by atoms with Crippen molar-refractivity contribution < 1.29 is 0 Å². The third-order valence-corrected chi connectivity index (χ3v) is 0.692. The van der Waals surface area contributed by atoms with Gasteiger partial charge in [-0.1, -0.05) is 48.0 Å². The van der Waals surface area contributed by atoms with E-state index in [0.29, 0.717) is 0 Å². The van der Waals surface area contributed by atoms with Crippen LogP contribution in [-0.2, 0) is 0 Å². The lowest BCUT2D eigenvalue weighted by atomic mass is 10.5. The summed E-state index contributed by atoms with van der Waals surface area (Å²) in [6.07, 6.45) is 6.31. The molecule has 2 nitrogen and oxygen atoms in total. The lowest BCUT2D eigenvalue weighted by Crippen LogP contribution is -1.77. The number of aryl methyl sites for hydroxylation is 1. The van der Waals surface area contributed by atoms with E-state index in [-0.39, 0.29) is 0 Å². The molecule has 84 valence electrons. The molecule has 0 saturated carbocycles. The fraction of sp³-hybridized carbons (Fsp3) is 0.667. The van der Waals surface area contributed by atoms with Crippen LogP contribution in [0.25, 0.3) is 0 Å². The standard InChI is InChI=1S/C5H6N2.C3H8.2C2H6/c1-5-4-6-2-3-7-5;1-3-2;2*1-2/h2-4H,1H3;3H2,1-2H3;2*1-2H3. The lowest BCUT2D eigenvalue weighted by molar-refractivity contribution is 1.09. The lowest BCUT2D eigenvalue weighted by Gasteiger charge is -1.81. The molecule has 0 fully saturated rings. The summed E-state index contributed by atoms with van der Waals surface area (Å²) in [4.78, 5) is 7.74. The molecule has 2 heteroatoms. The van der Waals surface area contributed by atoms with Crippen molar-refractivity contribution in [1.82, 2.24) is 9.97 Å². The molecule has 0 aliphatic carbocycles. The zero-order valence-corrected chi connectivity index (χ0v) is 10.8. The van der Waals surface area contributed by atoms with E-state index >= 15 is 0 Å². The maximum Gasteiger partial charge on any atom is 0.0555 e. The molecule has 0 unspecified atom stereocenters. The SMILES string of the molecule is CC.CC.CCC.Cc1cnccn1. The molecule has 0 N–H and O–H groups in total. The summed E-state index contributed by atoms with van der Waals surface area (Å²) in [5, 5.41) is 0. The molecule has 1 aromatic rings. The molecule has 0 amide bonds. The van der Waals surface area contributed by atoms with Gasteiger partial charge in [0, 0.05) is 18.6 Å². The van der Waals surface area contributed by atoms with E-state index in [1.54, 1.807) is 18.6 Å². The monoisotopic (exact) mass is 198 g/mol. The Morgan fingerprint density at radius 2 is 1.43 bits per heavy atom. The van der Waals surface area contributed by atoms with Gasteiger partial charge in [0.1, 0.15) is 0 Å². The van der Waals surface area contributed by atoms with Crippen molar-refractivity contribution in [2.24, 2.45) is 0 Å². The molecule has 0 aliphatic heterocycles. The predicted octanol–water partition coefficient (Wildman–Crippen LogP) is 4.25. The molecule has 1 heterocycles. The Labute approximate surface area is 89.8 Å². The highest BCUT2D eigenvalue weighted by molar-refractivity contribution is 4.88. The fourth-order valence-corrected chi connectivity index (χ4v) is 0.374. The molecule has 1 aromatic heterocycles. The maximum absolute atomic E-state index is 3.92. The van der Waals surface area contributed by atoms with Crippen LogP contribution in [0.1, 0.15) is 53.7 Å². The second-order valence-corrected chi connectivity index (χ2v) is 2.05. The molecule has 0 bridgehead atoms. The van der Waals surface area contributed by atoms with Crippen LogP contribution in [0.15, 0.2) is 18.6 Å². The average Bonchev–Trinajstić information content (AvgIpc) is 2.26. The van der Waals surface area contributed by atoms with E-state index in [1.165, 1.54) is 6.42 Å². The number of hydrogen-bond acceptors (Lipinski definition) is 2.